The Labute approximate surface area is 113 Å². The molecule has 1 saturated heterocycles. The van der Waals surface area contributed by atoms with E-state index in [0.717, 1.165) is 31.6 Å². The fourth-order valence-corrected chi connectivity index (χ4v) is 2.28. The highest BCUT2D eigenvalue weighted by Gasteiger charge is 2.14. The molecule has 0 amide bonds. The van der Waals surface area contributed by atoms with Crippen molar-refractivity contribution < 1.29 is 14.6 Å². The van der Waals surface area contributed by atoms with Crippen molar-refractivity contribution in [3.63, 3.8) is 0 Å². The second kappa shape index (κ2) is 6.52. The van der Waals surface area contributed by atoms with Gasteiger partial charge in [-0.3, -0.25) is 4.98 Å². The molecule has 1 aliphatic rings. The van der Waals surface area contributed by atoms with Crippen LogP contribution in [0.3, 0.4) is 0 Å². The predicted octanol–water partition coefficient (Wildman–Crippen LogP) is 2.46. The van der Waals surface area contributed by atoms with E-state index in [4.69, 9.17) is 9.84 Å². The highest BCUT2D eigenvalue weighted by Crippen LogP contribution is 2.18. The van der Waals surface area contributed by atoms with Crippen LogP contribution in [0.4, 0.5) is 5.69 Å². The van der Waals surface area contributed by atoms with Crippen molar-refractivity contribution in [2.24, 2.45) is 0 Å². The zero-order chi connectivity index (χ0) is 13.7. The molecule has 1 unspecified atom stereocenters. The van der Waals surface area contributed by atoms with Gasteiger partial charge in [0, 0.05) is 25.0 Å². The van der Waals surface area contributed by atoms with Crippen molar-refractivity contribution in [1.82, 2.24) is 4.98 Å². The van der Waals surface area contributed by atoms with E-state index in [0.29, 0.717) is 18.3 Å². The summed E-state index contributed by atoms with van der Waals surface area (Å²) in [6.45, 7) is 3.41. The smallest absolute Gasteiger partial charge is 0.339 e. The van der Waals surface area contributed by atoms with Gasteiger partial charge < -0.3 is 15.2 Å². The summed E-state index contributed by atoms with van der Waals surface area (Å²) in [5.41, 5.74) is 1.66. The van der Waals surface area contributed by atoms with Gasteiger partial charge in [0.05, 0.1) is 11.8 Å². The van der Waals surface area contributed by atoms with Crippen LogP contribution in [-0.2, 0) is 4.74 Å². The zero-order valence-corrected chi connectivity index (χ0v) is 11.2. The molecule has 1 atom stereocenters. The molecule has 2 N–H and O–H groups in total. The van der Waals surface area contributed by atoms with Crippen molar-refractivity contribution in [2.45, 2.75) is 38.7 Å². The van der Waals surface area contributed by atoms with Gasteiger partial charge in [-0.2, -0.15) is 0 Å². The summed E-state index contributed by atoms with van der Waals surface area (Å²) in [7, 11) is 0. The molecule has 1 aliphatic heterocycles. The Morgan fingerprint density at radius 2 is 2.42 bits per heavy atom. The van der Waals surface area contributed by atoms with Crippen molar-refractivity contribution in [3.05, 3.63) is 23.5 Å². The summed E-state index contributed by atoms with van der Waals surface area (Å²) in [6, 6.07) is 1.77. The van der Waals surface area contributed by atoms with E-state index in [-0.39, 0.29) is 5.56 Å². The number of anilines is 1. The first-order chi connectivity index (χ1) is 9.16. The van der Waals surface area contributed by atoms with Crippen LogP contribution in [0, 0.1) is 6.92 Å². The minimum Gasteiger partial charge on any atom is -0.478 e. The van der Waals surface area contributed by atoms with Gasteiger partial charge in [-0.15, -0.1) is 0 Å². The Hall–Kier alpha value is -1.62. The molecule has 0 aliphatic carbocycles. The predicted molar refractivity (Wildman–Crippen MR) is 72.6 cm³/mol. The molecule has 0 bridgehead atoms. The molecule has 0 saturated carbocycles. The number of ether oxygens (including phenoxy) is 1. The topological polar surface area (TPSA) is 71.5 Å². The maximum Gasteiger partial charge on any atom is 0.339 e. The van der Waals surface area contributed by atoms with Gasteiger partial charge in [-0.25, -0.2) is 4.79 Å². The van der Waals surface area contributed by atoms with E-state index in [1.54, 1.807) is 6.07 Å². The SMILES string of the molecule is Cc1cc(NCCC2CCCCO2)c(C(=O)O)cn1. The number of pyridine rings is 1. The number of aromatic nitrogens is 1. The van der Waals surface area contributed by atoms with Crippen LogP contribution >= 0.6 is 0 Å². The number of hydrogen-bond acceptors (Lipinski definition) is 4. The van der Waals surface area contributed by atoms with Crippen LogP contribution in [-0.4, -0.2) is 35.3 Å². The van der Waals surface area contributed by atoms with E-state index >= 15 is 0 Å². The van der Waals surface area contributed by atoms with Gasteiger partial charge in [-0.05, 0) is 38.7 Å². The van der Waals surface area contributed by atoms with E-state index in [1.807, 2.05) is 6.92 Å². The molecular formula is C14H20N2O3. The van der Waals surface area contributed by atoms with Gasteiger partial charge in [0.2, 0.25) is 0 Å². The van der Waals surface area contributed by atoms with Crippen LogP contribution in [0.2, 0.25) is 0 Å². The Balaban J connectivity index is 1.91. The van der Waals surface area contributed by atoms with Gasteiger partial charge in [0.25, 0.3) is 0 Å². The lowest BCUT2D eigenvalue weighted by Gasteiger charge is -2.22. The van der Waals surface area contributed by atoms with Gasteiger partial charge in [0.15, 0.2) is 0 Å². The standard InChI is InChI=1S/C14H20N2O3/c1-10-8-13(12(9-16-10)14(17)18)15-6-5-11-4-2-3-7-19-11/h8-9,11H,2-7H2,1H3,(H,15,16)(H,17,18). The van der Waals surface area contributed by atoms with Gasteiger partial charge in [0.1, 0.15) is 5.56 Å². The summed E-state index contributed by atoms with van der Waals surface area (Å²) >= 11 is 0. The van der Waals surface area contributed by atoms with Gasteiger partial charge in [-0.1, -0.05) is 0 Å². The van der Waals surface area contributed by atoms with E-state index in [9.17, 15) is 4.79 Å². The maximum absolute atomic E-state index is 11.1. The highest BCUT2D eigenvalue weighted by atomic mass is 16.5. The van der Waals surface area contributed by atoms with E-state index in [1.165, 1.54) is 12.6 Å². The fourth-order valence-electron chi connectivity index (χ4n) is 2.28. The fraction of sp³-hybridized carbons (Fsp3) is 0.571. The third kappa shape index (κ3) is 3.92. The number of aryl methyl sites for hydroxylation is 1. The minimum atomic E-state index is -0.955. The van der Waals surface area contributed by atoms with Gasteiger partial charge >= 0.3 is 5.97 Å². The molecule has 1 aromatic heterocycles. The lowest BCUT2D eigenvalue weighted by Crippen LogP contribution is -2.22. The third-order valence-electron chi connectivity index (χ3n) is 3.33. The summed E-state index contributed by atoms with van der Waals surface area (Å²) < 4.78 is 5.65. The van der Waals surface area contributed by atoms with Crippen molar-refractivity contribution >= 4 is 11.7 Å². The van der Waals surface area contributed by atoms with Crippen molar-refractivity contribution in [1.29, 1.82) is 0 Å². The summed E-state index contributed by atoms with van der Waals surface area (Å²) in [5, 5.41) is 12.3. The van der Waals surface area contributed by atoms with E-state index < -0.39 is 5.97 Å². The molecule has 2 rings (SSSR count). The number of carbonyl (C=O) groups is 1. The Kier molecular flexibility index (Phi) is 4.74. The van der Waals surface area contributed by atoms with Crippen molar-refractivity contribution in [3.8, 4) is 0 Å². The molecule has 5 heteroatoms. The molecule has 2 heterocycles. The summed E-state index contributed by atoms with van der Waals surface area (Å²) in [4.78, 5) is 15.1. The zero-order valence-electron chi connectivity index (χ0n) is 11.2. The lowest BCUT2D eigenvalue weighted by atomic mass is 10.1. The molecule has 5 nitrogen and oxygen atoms in total. The average Bonchev–Trinajstić information content (AvgIpc) is 2.39. The second-order valence-electron chi connectivity index (χ2n) is 4.88. The number of nitrogens with one attached hydrogen (secondary N) is 1. The normalized spacial score (nSPS) is 19.1. The third-order valence-corrected chi connectivity index (χ3v) is 3.33. The Morgan fingerprint density at radius 3 is 3.11 bits per heavy atom. The number of aromatic carboxylic acids is 1. The molecule has 0 spiro atoms. The van der Waals surface area contributed by atoms with E-state index in [2.05, 4.69) is 10.3 Å². The molecule has 1 fully saturated rings. The molecule has 0 radical (unpaired) electrons. The first-order valence-corrected chi connectivity index (χ1v) is 6.72. The maximum atomic E-state index is 11.1. The molecule has 0 aromatic carbocycles. The first kappa shape index (κ1) is 13.8. The van der Waals surface area contributed by atoms with Crippen LogP contribution in [0.1, 0.15) is 41.7 Å². The van der Waals surface area contributed by atoms with Crippen LogP contribution in [0.15, 0.2) is 12.3 Å². The van der Waals surface area contributed by atoms with Crippen LogP contribution in [0.25, 0.3) is 0 Å². The van der Waals surface area contributed by atoms with Crippen LogP contribution in [0.5, 0.6) is 0 Å². The lowest BCUT2D eigenvalue weighted by molar-refractivity contribution is 0.0134. The first-order valence-electron chi connectivity index (χ1n) is 6.72. The monoisotopic (exact) mass is 264 g/mol. The number of rotatable bonds is 5. The number of carboxylic acid groups (broad SMARTS) is 1. The minimum absolute atomic E-state index is 0.218. The summed E-state index contributed by atoms with van der Waals surface area (Å²) in [6.07, 6.45) is 6.08. The molecule has 104 valence electrons. The highest BCUT2D eigenvalue weighted by molar-refractivity contribution is 5.93. The van der Waals surface area contributed by atoms with Crippen molar-refractivity contribution in [2.75, 3.05) is 18.5 Å². The number of nitrogens with zero attached hydrogens (tertiary/aromatic N) is 1. The quantitative estimate of drug-likeness (QED) is 0.854. The average molecular weight is 264 g/mol. The summed E-state index contributed by atoms with van der Waals surface area (Å²) in [5.74, 6) is -0.955. The molecule has 19 heavy (non-hydrogen) atoms. The molecular weight excluding hydrogens is 244 g/mol. The number of carboxylic acids is 1. The number of hydrogen-bond donors (Lipinski definition) is 2. The second-order valence-corrected chi connectivity index (χ2v) is 4.88. The Bertz CT molecular complexity index is 442. The Morgan fingerprint density at radius 1 is 1.58 bits per heavy atom. The largest absolute Gasteiger partial charge is 0.478 e. The molecule has 1 aromatic rings. The van der Waals surface area contributed by atoms with Crippen LogP contribution < -0.4 is 5.32 Å².